The number of aliphatic hydroxyl groups excluding tert-OH is 2. The molecule has 4 heteroatoms. The van der Waals surface area contributed by atoms with Crippen molar-refractivity contribution < 1.29 is 19.8 Å². The predicted octanol–water partition coefficient (Wildman–Crippen LogP) is 7.02. The van der Waals surface area contributed by atoms with Gasteiger partial charge in [-0.3, -0.25) is 4.79 Å². The van der Waals surface area contributed by atoms with E-state index in [0.29, 0.717) is 6.42 Å². The Morgan fingerprint density at radius 2 is 1.00 bits per heavy atom. The third-order valence-electron chi connectivity index (χ3n) is 5.24. The van der Waals surface area contributed by atoms with Crippen LogP contribution in [0, 0.1) is 0 Å². The summed E-state index contributed by atoms with van der Waals surface area (Å²) in [5.74, 6) is 0. The molecule has 0 aliphatic carbocycles. The van der Waals surface area contributed by atoms with Gasteiger partial charge in [0.05, 0.1) is 6.61 Å². The number of rotatable bonds is 10. The van der Waals surface area contributed by atoms with Crippen molar-refractivity contribution in [3.8, 4) is 0 Å². The molecule has 0 unspecified atom stereocenters. The van der Waals surface area contributed by atoms with Crippen LogP contribution in [-0.4, -0.2) is 36.0 Å². The summed E-state index contributed by atoms with van der Waals surface area (Å²) in [6.45, 7) is 0.393. The number of benzene rings is 4. The van der Waals surface area contributed by atoms with E-state index >= 15 is 0 Å². The first-order valence-electron chi connectivity index (χ1n) is 13.3. The van der Waals surface area contributed by atoms with Crippen LogP contribution in [0.3, 0.4) is 0 Å². The van der Waals surface area contributed by atoms with Gasteiger partial charge in [0.2, 0.25) is 0 Å². The molecule has 0 radical (unpaired) electrons. The molecule has 0 saturated carbocycles. The average Bonchev–Trinajstić information content (AvgIpc) is 3.04. The molecule has 0 atom stereocenters. The summed E-state index contributed by atoms with van der Waals surface area (Å²) in [5, 5.41) is 17.0. The first-order chi connectivity index (χ1) is 19.7. The van der Waals surface area contributed by atoms with Crippen molar-refractivity contribution in [2.24, 2.45) is 0 Å². The number of aryl methyl sites for hydroxylation is 2. The summed E-state index contributed by atoms with van der Waals surface area (Å²) in [4.78, 5) is 19.9. The molecule has 2 N–H and O–H groups in total. The molecular weight excluding hydrogens is 496 g/mol. The van der Waals surface area contributed by atoms with E-state index in [1.165, 1.54) is 17.2 Å². The Morgan fingerprint density at radius 3 is 1.43 bits per heavy atom. The molecule has 208 valence electrons. The maximum Gasteiger partial charge on any atom is 0.142 e. The van der Waals surface area contributed by atoms with Crippen LogP contribution in [0.2, 0.25) is 0 Å². The number of carbonyl (C=O) groups is 2. The molecule has 0 aliphatic heterocycles. The lowest BCUT2D eigenvalue weighted by molar-refractivity contribution is -0.107. The second-order valence-corrected chi connectivity index (χ2v) is 8.41. The molecule has 4 aromatic carbocycles. The van der Waals surface area contributed by atoms with Crippen molar-refractivity contribution in [3.05, 3.63) is 156 Å². The van der Waals surface area contributed by atoms with Gasteiger partial charge in [-0.25, -0.2) is 0 Å². The van der Waals surface area contributed by atoms with E-state index in [1.54, 1.807) is 12.2 Å². The molecule has 4 nitrogen and oxygen atoms in total. The van der Waals surface area contributed by atoms with Crippen LogP contribution in [0.25, 0.3) is 12.2 Å². The summed E-state index contributed by atoms with van der Waals surface area (Å²) >= 11 is 0. The first kappa shape index (κ1) is 33.6. The van der Waals surface area contributed by atoms with Crippen LogP contribution < -0.4 is 0 Å². The van der Waals surface area contributed by atoms with Gasteiger partial charge in [-0.1, -0.05) is 140 Å². The predicted molar refractivity (Wildman–Crippen MR) is 167 cm³/mol. The molecule has 0 heterocycles. The van der Waals surface area contributed by atoms with Crippen molar-refractivity contribution in [1.82, 2.24) is 0 Å². The smallest absolute Gasteiger partial charge is 0.142 e. The molecule has 0 aromatic heterocycles. The maximum atomic E-state index is 9.98. The fourth-order valence-electron chi connectivity index (χ4n) is 3.27. The highest BCUT2D eigenvalue weighted by Gasteiger charge is 1.88. The van der Waals surface area contributed by atoms with Gasteiger partial charge in [0, 0.05) is 13.0 Å². The van der Waals surface area contributed by atoms with E-state index in [2.05, 4.69) is 12.1 Å². The number of allylic oxidation sites excluding steroid dienone is 1. The zero-order valence-electron chi connectivity index (χ0n) is 23.0. The van der Waals surface area contributed by atoms with Crippen LogP contribution in [0.15, 0.2) is 133 Å². The molecule has 0 amide bonds. The van der Waals surface area contributed by atoms with Gasteiger partial charge < -0.3 is 15.0 Å². The van der Waals surface area contributed by atoms with Crippen molar-refractivity contribution >= 4 is 24.7 Å². The van der Waals surface area contributed by atoms with E-state index in [1.807, 2.05) is 115 Å². The lowest BCUT2D eigenvalue weighted by Gasteiger charge is -1.96. The Labute approximate surface area is 239 Å². The van der Waals surface area contributed by atoms with Gasteiger partial charge in [0.1, 0.15) is 12.6 Å². The van der Waals surface area contributed by atoms with Crippen molar-refractivity contribution in [1.29, 1.82) is 0 Å². The highest BCUT2D eigenvalue weighted by Crippen LogP contribution is 2.02. The zero-order valence-corrected chi connectivity index (χ0v) is 23.0. The number of carbonyl (C=O) groups excluding carboxylic acids is 2. The largest absolute Gasteiger partial charge is 0.396 e. The van der Waals surface area contributed by atoms with Crippen LogP contribution in [-0.2, 0) is 22.4 Å². The standard InChI is InChI=1S/C9H12O.2C9H10O.C9H8O/c4*10-8-4-7-9-5-2-1-3-6-9/h1-3,5-6,10H,4,7-8H2;1-3,5-6,8H,4,7H2;1-7,10H,8H2;1-8H/b;;2*7-4+. The van der Waals surface area contributed by atoms with Crippen LogP contribution in [0.5, 0.6) is 0 Å². The maximum absolute atomic E-state index is 9.98. The van der Waals surface area contributed by atoms with Gasteiger partial charge in [-0.2, -0.15) is 0 Å². The average molecular weight is 537 g/mol. The topological polar surface area (TPSA) is 74.6 Å². The highest BCUT2D eigenvalue weighted by molar-refractivity contribution is 5.73. The van der Waals surface area contributed by atoms with Crippen molar-refractivity contribution in [2.75, 3.05) is 13.2 Å². The summed E-state index contributed by atoms with van der Waals surface area (Å²) < 4.78 is 0. The molecule has 4 rings (SSSR count). The van der Waals surface area contributed by atoms with E-state index < -0.39 is 0 Å². The zero-order chi connectivity index (χ0) is 28.9. The number of aldehydes is 2. The van der Waals surface area contributed by atoms with Crippen molar-refractivity contribution in [2.45, 2.75) is 25.7 Å². The van der Waals surface area contributed by atoms with E-state index in [9.17, 15) is 9.59 Å². The monoisotopic (exact) mass is 536 g/mol. The Balaban J connectivity index is 0.000000267. The molecular formula is C36H40O4. The number of aliphatic hydroxyl groups is 2. The molecule has 0 fully saturated rings. The third-order valence-corrected chi connectivity index (χ3v) is 5.24. The molecule has 0 aliphatic rings. The minimum absolute atomic E-state index is 0.106. The SMILES string of the molecule is O=C/C=C/c1ccccc1.O=CCCc1ccccc1.OC/C=C/c1ccccc1.OCCCc1ccccc1. The van der Waals surface area contributed by atoms with Gasteiger partial charge >= 0.3 is 0 Å². The second kappa shape index (κ2) is 24.9. The lowest BCUT2D eigenvalue weighted by atomic mass is 10.1. The number of hydrogen-bond donors (Lipinski definition) is 2. The lowest BCUT2D eigenvalue weighted by Crippen LogP contribution is -1.87. The fraction of sp³-hybridized carbons (Fsp3) is 0.167. The normalized spacial score (nSPS) is 9.85. The van der Waals surface area contributed by atoms with E-state index in [-0.39, 0.29) is 13.2 Å². The Morgan fingerprint density at radius 1 is 0.550 bits per heavy atom. The summed E-state index contributed by atoms with van der Waals surface area (Å²) in [6, 6.07) is 39.8. The van der Waals surface area contributed by atoms with Gasteiger partial charge in [0.15, 0.2) is 0 Å². The quantitative estimate of drug-likeness (QED) is 0.169. The van der Waals surface area contributed by atoms with Gasteiger partial charge in [-0.15, -0.1) is 0 Å². The Hall–Kier alpha value is -4.38. The molecule has 0 spiro atoms. The van der Waals surface area contributed by atoms with Gasteiger partial charge in [0.25, 0.3) is 0 Å². The summed E-state index contributed by atoms with van der Waals surface area (Å²) in [6.07, 6.45) is 11.9. The summed E-state index contributed by atoms with van der Waals surface area (Å²) in [5.41, 5.74) is 4.71. The molecule has 0 bridgehead atoms. The van der Waals surface area contributed by atoms with Crippen molar-refractivity contribution in [3.63, 3.8) is 0 Å². The summed E-state index contributed by atoms with van der Waals surface area (Å²) in [7, 11) is 0. The third kappa shape index (κ3) is 18.8. The van der Waals surface area contributed by atoms with E-state index in [4.69, 9.17) is 10.2 Å². The Kier molecular flexibility index (Phi) is 21.0. The van der Waals surface area contributed by atoms with Crippen LogP contribution in [0.4, 0.5) is 0 Å². The highest BCUT2D eigenvalue weighted by atomic mass is 16.3. The molecule has 40 heavy (non-hydrogen) atoms. The molecule has 0 saturated heterocycles. The van der Waals surface area contributed by atoms with Gasteiger partial charge in [-0.05, 0) is 47.6 Å². The van der Waals surface area contributed by atoms with Crippen LogP contribution >= 0.6 is 0 Å². The van der Waals surface area contributed by atoms with E-state index in [0.717, 1.165) is 43.0 Å². The number of hydrogen-bond acceptors (Lipinski definition) is 4. The first-order valence-corrected chi connectivity index (χ1v) is 13.3. The van der Waals surface area contributed by atoms with Crippen LogP contribution in [0.1, 0.15) is 35.1 Å². The fourth-order valence-corrected chi connectivity index (χ4v) is 3.27. The minimum Gasteiger partial charge on any atom is -0.396 e. The molecule has 4 aromatic rings. The second-order valence-electron chi connectivity index (χ2n) is 8.41. The minimum atomic E-state index is 0.106. The Bertz CT molecular complexity index is 1170.